The van der Waals surface area contributed by atoms with Crippen LogP contribution in [-0.4, -0.2) is 29.5 Å². The number of hydrogen-bond acceptors (Lipinski definition) is 2. The Hall–Kier alpha value is -1.62. The van der Waals surface area contributed by atoms with Crippen LogP contribution in [0.15, 0.2) is 34.9 Å². The molecule has 0 radical (unpaired) electrons. The number of urea groups is 1. The van der Waals surface area contributed by atoms with Crippen LogP contribution in [0.3, 0.4) is 0 Å². The second-order valence-electron chi connectivity index (χ2n) is 3.98. The lowest BCUT2D eigenvalue weighted by molar-refractivity contribution is 0.224. The summed E-state index contributed by atoms with van der Waals surface area (Å²) in [4.78, 5) is 17.8. The zero-order valence-corrected chi connectivity index (χ0v) is 11.9. The lowest BCUT2D eigenvalue weighted by Crippen LogP contribution is -2.31. The maximum Gasteiger partial charge on any atom is 0.321 e. The Morgan fingerprint density at radius 1 is 1.50 bits per heavy atom. The molecule has 2 rings (SSSR count). The molecule has 1 heterocycles. The van der Waals surface area contributed by atoms with Crippen LogP contribution in [-0.2, 0) is 0 Å². The van der Waals surface area contributed by atoms with Crippen molar-refractivity contribution >= 4 is 38.6 Å². The molecule has 0 aliphatic carbocycles. The van der Waals surface area contributed by atoms with Gasteiger partial charge in [0.2, 0.25) is 0 Å². The molecule has 2 aromatic rings. The van der Waals surface area contributed by atoms with Crippen LogP contribution in [0.25, 0.3) is 10.9 Å². The van der Waals surface area contributed by atoms with Gasteiger partial charge in [0.1, 0.15) is 0 Å². The van der Waals surface area contributed by atoms with Gasteiger partial charge in [-0.15, -0.1) is 0 Å². The largest absolute Gasteiger partial charge is 0.328 e. The molecule has 1 aromatic carbocycles. The van der Waals surface area contributed by atoms with Crippen LogP contribution in [0.4, 0.5) is 10.5 Å². The Kier molecular flexibility index (Phi) is 3.81. The molecular weight excluding hydrogens is 294 g/mol. The summed E-state index contributed by atoms with van der Waals surface area (Å²) in [6.07, 6.45) is 1.72. The molecule has 18 heavy (non-hydrogen) atoms. The van der Waals surface area contributed by atoms with E-state index >= 15 is 0 Å². The summed E-state index contributed by atoms with van der Waals surface area (Å²) in [5.41, 5.74) is 1.52. The molecule has 1 aromatic heterocycles. The van der Waals surface area contributed by atoms with Gasteiger partial charge in [-0.2, -0.15) is 0 Å². The molecule has 1 N–H and O–H groups in total. The minimum Gasteiger partial charge on any atom is -0.328 e. The number of halogens is 1. The van der Waals surface area contributed by atoms with Crippen LogP contribution in [0.1, 0.15) is 6.92 Å². The number of hydrogen-bond donors (Lipinski definition) is 1. The monoisotopic (exact) mass is 307 g/mol. The van der Waals surface area contributed by atoms with Crippen molar-refractivity contribution in [3.05, 3.63) is 34.9 Å². The quantitative estimate of drug-likeness (QED) is 0.923. The summed E-state index contributed by atoms with van der Waals surface area (Å²) in [5.74, 6) is 0. The van der Waals surface area contributed by atoms with Crippen molar-refractivity contribution in [1.82, 2.24) is 9.88 Å². The predicted molar refractivity (Wildman–Crippen MR) is 76.8 cm³/mol. The first-order valence-electron chi connectivity index (χ1n) is 5.68. The lowest BCUT2D eigenvalue weighted by atomic mass is 10.2. The number of nitrogens with one attached hydrogen (secondary N) is 1. The zero-order valence-electron chi connectivity index (χ0n) is 10.3. The molecule has 0 atom stereocenters. The normalized spacial score (nSPS) is 10.4. The Labute approximate surface area is 114 Å². The molecule has 2 amide bonds. The van der Waals surface area contributed by atoms with E-state index < -0.39 is 0 Å². The van der Waals surface area contributed by atoms with Crippen molar-refractivity contribution in [2.45, 2.75) is 6.92 Å². The van der Waals surface area contributed by atoms with Gasteiger partial charge in [0, 0.05) is 29.6 Å². The van der Waals surface area contributed by atoms with Crippen LogP contribution in [0, 0.1) is 0 Å². The van der Waals surface area contributed by atoms with Gasteiger partial charge in [-0.25, -0.2) is 4.79 Å². The molecule has 0 fully saturated rings. The Morgan fingerprint density at radius 3 is 3.00 bits per heavy atom. The van der Waals surface area contributed by atoms with Crippen LogP contribution in [0.5, 0.6) is 0 Å². The van der Waals surface area contributed by atoms with Gasteiger partial charge < -0.3 is 10.2 Å². The fourth-order valence-corrected chi connectivity index (χ4v) is 1.94. The highest BCUT2D eigenvalue weighted by molar-refractivity contribution is 9.10. The second kappa shape index (κ2) is 5.35. The molecule has 4 nitrogen and oxygen atoms in total. The van der Waals surface area contributed by atoms with Gasteiger partial charge in [0.25, 0.3) is 0 Å². The van der Waals surface area contributed by atoms with E-state index in [1.165, 1.54) is 0 Å². The van der Waals surface area contributed by atoms with Crippen molar-refractivity contribution in [3.8, 4) is 0 Å². The fourth-order valence-electron chi connectivity index (χ4n) is 1.59. The molecule has 0 unspecified atom stereocenters. The van der Waals surface area contributed by atoms with Crippen molar-refractivity contribution in [2.24, 2.45) is 0 Å². The van der Waals surface area contributed by atoms with Gasteiger partial charge in [-0.05, 0) is 35.0 Å². The number of rotatable bonds is 2. The first-order chi connectivity index (χ1) is 8.61. The van der Waals surface area contributed by atoms with Gasteiger partial charge in [0.15, 0.2) is 0 Å². The summed E-state index contributed by atoms with van der Waals surface area (Å²) in [5, 5.41) is 3.85. The van der Waals surface area contributed by atoms with E-state index in [-0.39, 0.29) is 6.03 Å². The third-order valence-electron chi connectivity index (χ3n) is 2.74. The van der Waals surface area contributed by atoms with E-state index in [9.17, 15) is 4.79 Å². The van der Waals surface area contributed by atoms with E-state index in [4.69, 9.17) is 0 Å². The molecule has 0 saturated heterocycles. The van der Waals surface area contributed by atoms with Crippen LogP contribution in [0.2, 0.25) is 0 Å². The first kappa shape index (κ1) is 12.8. The maximum absolute atomic E-state index is 11.8. The van der Waals surface area contributed by atoms with Crippen molar-refractivity contribution in [3.63, 3.8) is 0 Å². The van der Waals surface area contributed by atoms with Gasteiger partial charge >= 0.3 is 6.03 Å². The third kappa shape index (κ3) is 2.61. The summed E-state index contributed by atoms with van der Waals surface area (Å²) in [6.45, 7) is 2.59. The number of anilines is 1. The van der Waals surface area contributed by atoms with E-state index in [0.717, 1.165) is 21.1 Å². The van der Waals surface area contributed by atoms with Crippen LogP contribution >= 0.6 is 15.9 Å². The highest BCUT2D eigenvalue weighted by Crippen LogP contribution is 2.24. The summed E-state index contributed by atoms with van der Waals surface area (Å²) in [7, 11) is 1.75. The minimum atomic E-state index is -0.130. The number of fused-ring (bicyclic) bond motifs is 1. The molecule has 0 aliphatic rings. The first-order valence-corrected chi connectivity index (χ1v) is 6.47. The molecule has 94 valence electrons. The number of amides is 2. The summed E-state index contributed by atoms with van der Waals surface area (Å²) >= 11 is 3.38. The molecule has 0 aliphatic heterocycles. The number of benzene rings is 1. The van der Waals surface area contributed by atoms with E-state index in [0.29, 0.717) is 6.54 Å². The number of pyridine rings is 1. The average Bonchev–Trinajstić information content (AvgIpc) is 2.37. The van der Waals surface area contributed by atoms with E-state index in [1.54, 1.807) is 18.1 Å². The number of carbonyl (C=O) groups excluding carboxylic acids is 1. The third-order valence-corrected chi connectivity index (χ3v) is 3.17. The van der Waals surface area contributed by atoms with Crippen LogP contribution < -0.4 is 5.32 Å². The van der Waals surface area contributed by atoms with Gasteiger partial charge in [-0.1, -0.05) is 12.1 Å². The van der Waals surface area contributed by atoms with Crippen molar-refractivity contribution in [1.29, 1.82) is 0 Å². The molecule has 0 saturated carbocycles. The summed E-state index contributed by atoms with van der Waals surface area (Å²) < 4.78 is 0.921. The Balaban J connectivity index is 2.37. The highest BCUT2D eigenvalue weighted by Gasteiger charge is 2.09. The van der Waals surface area contributed by atoms with E-state index in [1.807, 2.05) is 31.2 Å². The number of carbonyl (C=O) groups is 1. The van der Waals surface area contributed by atoms with Crippen molar-refractivity contribution < 1.29 is 4.79 Å². The maximum atomic E-state index is 11.8. The van der Waals surface area contributed by atoms with Gasteiger partial charge in [-0.3, -0.25) is 4.98 Å². The smallest absolute Gasteiger partial charge is 0.321 e. The summed E-state index contributed by atoms with van der Waals surface area (Å²) in [6, 6.07) is 7.56. The number of para-hydroxylation sites is 1. The topological polar surface area (TPSA) is 45.2 Å². The zero-order chi connectivity index (χ0) is 13.1. The van der Waals surface area contributed by atoms with Crippen molar-refractivity contribution in [2.75, 3.05) is 18.9 Å². The van der Waals surface area contributed by atoms with Gasteiger partial charge in [0.05, 0.1) is 11.2 Å². The Bertz CT molecular complexity index is 585. The average molecular weight is 308 g/mol. The number of aromatic nitrogens is 1. The fraction of sp³-hybridized carbons (Fsp3) is 0.231. The lowest BCUT2D eigenvalue weighted by Gasteiger charge is -2.16. The molecule has 5 heteroatoms. The second-order valence-corrected chi connectivity index (χ2v) is 4.89. The molecular formula is C13H14BrN3O. The SMILES string of the molecule is CCN(C)C(=O)Nc1cccc2cc(Br)cnc12. The minimum absolute atomic E-state index is 0.130. The molecule has 0 bridgehead atoms. The Morgan fingerprint density at radius 2 is 2.28 bits per heavy atom. The standard InChI is InChI=1S/C13H14BrN3O/c1-3-17(2)13(18)16-11-6-4-5-9-7-10(14)8-15-12(9)11/h4-8H,3H2,1-2H3,(H,16,18). The highest BCUT2D eigenvalue weighted by atomic mass is 79.9. The number of nitrogens with zero attached hydrogens (tertiary/aromatic N) is 2. The van der Waals surface area contributed by atoms with E-state index in [2.05, 4.69) is 26.2 Å². The predicted octanol–water partition coefficient (Wildman–Crippen LogP) is 3.48. The molecule has 0 spiro atoms.